The molecule has 24 heavy (non-hydrogen) atoms. The van der Waals surface area contributed by atoms with Crippen LogP contribution in [0.3, 0.4) is 0 Å². The van der Waals surface area contributed by atoms with Gasteiger partial charge in [0.15, 0.2) is 6.23 Å². The summed E-state index contributed by atoms with van der Waals surface area (Å²) in [5.74, 6) is -0.106. The second-order valence-electron chi connectivity index (χ2n) is 5.74. The van der Waals surface area contributed by atoms with Crippen LogP contribution in [0.1, 0.15) is 38.8 Å². The minimum atomic E-state index is -1.36. The molecule has 1 aromatic rings. The number of aliphatic hydroxyl groups is 3. The molecule has 4 atom stereocenters. The Hall–Kier alpha value is -1.81. The normalized spacial score (nSPS) is 26.5. The highest BCUT2D eigenvalue weighted by molar-refractivity contribution is 5.89. The molecule has 9 nitrogen and oxygen atoms in total. The summed E-state index contributed by atoms with van der Waals surface area (Å²) in [6, 6.07) is 1.41. The molecule has 1 aliphatic rings. The summed E-state index contributed by atoms with van der Waals surface area (Å²) in [6.07, 6.45) is -0.394. The molecule has 134 valence electrons. The number of unbranched alkanes of at least 4 members (excludes halogenated alkanes) is 2. The minimum Gasteiger partial charge on any atom is -0.394 e. The van der Waals surface area contributed by atoms with Crippen molar-refractivity contribution in [1.29, 1.82) is 0 Å². The number of nitrogens with one attached hydrogen (secondary N) is 1. The molecule has 0 radical (unpaired) electrons. The highest BCUT2D eigenvalue weighted by Crippen LogP contribution is 2.28. The Balaban J connectivity index is 2.05. The average molecular weight is 341 g/mol. The van der Waals surface area contributed by atoms with Crippen molar-refractivity contribution < 1.29 is 24.9 Å². The van der Waals surface area contributed by atoms with Crippen LogP contribution in [-0.2, 0) is 9.53 Å². The Morgan fingerprint density at radius 1 is 1.38 bits per heavy atom. The third-order valence-corrected chi connectivity index (χ3v) is 3.90. The number of ether oxygens (including phenoxy) is 1. The van der Waals surface area contributed by atoms with Gasteiger partial charge >= 0.3 is 5.69 Å². The molecule has 0 unspecified atom stereocenters. The topological polar surface area (TPSA) is 134 Å². The summed E-state index contributed by atoms with van der Waals surface area (Å²) in [6.45, 7) is 1.56. The number of aliphatic hydroxyl groups excluding tert-OH is 3. The lowest BCUT2D eigenvalue weighted by Gasteiger charge is -2.17. The molecule has 1 aromatic heterocycles. The average Bonchev–Trinajstić information content (AvgIpc) is 2.83. The summed E-state index contributed by atoms with van der Waals surface area (Å²) in [7, 11) is 0. The first-order valence-electron chi connectivity index (χ1n) is 7.99. The van der Waals surface area contributed by atoms with Gasteiger partial charge in [-0.2, -0.15) is 4.98 Å². The Morgan fingerprint density at radius 2 is 2.12 bits per heavy atom. The number of hydrogen-bond donors (Lipinski definition) is 4. The van der Waals surface area contributed by atoms with Crippen LogP contribution in [0.5, 0.6) is 0 Å². The number of hydrogen-bond acceptors (Lipinski definition) is 7. The highest BCUT2D eigenvalue weighted by Gasteiger charge is 2.43. The molecule has 0 spiro atoms. The second-order valence-corrected chi connectivity index (χ2v) is 5.74. The number of amides is 1. The monoisotopic (exact) mass is 341 g/mol. The molecule has 0 bridgehead atoms. The van der Waals surface area contributed by atoms with Gasteiger partial charge in [0.1, 0.15) is 24.1 Å². The van der Waals surface area contributed by atoms with Gasteiger partial charge in [0.2, 0.25) is 5.91 Å². The van der Waals surface area contributed by atoms with E-state index >= 15 is 0 Å². The van der Waals surface area contributed by atoms with Crippen LogP contribution in [0, 0.1) is 0 Å². The molecule has 9 heteroatoms. The molecule has 0 aliphatic carbocycles. The second kappa shape index (κ2) is 8.34. The lowest BCUT2D eigenvalue weighted by molar-refractivity contribution is -0.116. The van der Waals surface area contributed by atoms with Crippen LogP contribution >= 0.6 is 0 Å². The van der Waals surface area contributed by atoms with E-state index in [1.807, 2.05) is 6.92 Å². The Labute approximate surface area is 138 Å². The van der Waals surface area contributed by atoms with Gasteiger partial charge in [-0.15, -0.1) is 0 Å². The third-order valence-electron chi connectivity index (χ3n) is 3.90. The van der Waals surface area contributed by atoms with Crippen LogP contribution in [0.25, 0.3) is 0 Å². The van der Waals surface area contributed by atoms with Crippen molar-refractivity contribution in [3.63, 3.8) is 0 Å². The number of rotatable bonds is 7. The van der Waals surface area contributed by atoms with Crippen molar-refractivity contribution in [2.75, 3.05) is 11.9 Å². The molecule has 1 aliphatic heterocycles. The van der Waals surface area contributed by atoms with Gasteiger partial charge < -0.3 is 25.4 Å². The first kappa shape index (κ1) is 18.5. The fourth-order valence-electron chi connectivity index (χ4n) is 2.53. The smallest absolute Gasteiger partial charge is 0.351 e. The van der Waals surface area contributed by atoms with Gasteiger partial charge in [-0.1, -0.05) is 19.8 Å². The molecule has 4 N–H and O–H groups in total. The number of carbonyl (C=O) groups is 1. The molecule has 0 saturated carbocycles. The van der Waals surface area contributed by atoms with E-state index in [0.29, 0.717) is 6.42 Å². The van der Waals surface area contributed by atoms with Crippen LogP contribution in [0.15, 0.2) is 17.1 Å². The molecule has 1 saturated heterocycles. The van der Waals surface area contributed by atoms with E-state index < -0.39 is 36.8 Å². The fourth-order valence-corrected chi connectivity index (χ4v) is 2.53. The summed E-state index contributed by atoms with van der Waals surface area (Å²) in [5, 5.41) is 31.3. The molecule has 1 amide bonds. The van der Waals surface area contributed by atoms with Crippen LogP contribution < -0.4 is 11.0 Å². The molecule has 2 heterocycles. The number of aromatic nitrogens is 2. The van der Waals surface area contributed by atoms with Gasteiger partial charge in [0.05, 0.1) is 6.61 Å². The fraction of sp³-hybridized carbons (Fsp3) is 0.667. The van der Waals surface area contributed by atoms with E-state index in [2.05, 4.69) is 10.3 Å². The van der Waals surface area contributed by atoms with E-state index in [1.54, 1.807) is 0 Å². The summed E-state index contributed by atoms with van der Waals surface area (Å²) >= 11 is 0. The zero-order valence-electron chi connectivity index (χ0n) is 13.5. The molecule has 1 fully saturated rings. The summed E-state index contributed by atoms with van der Waals surface area (Å²) in [4.78, 5) is 27.5. The predicted octanol–water partition coefficient (Wildman–Crippen LogP) is -0.626. The van der Waals surface area contributed by atoms with Crippen LogP contribution in [0.2, 0.25) is 0 Å². The quantitative estimate of drug-likeness (QED) is 0.485. The third kappa shape index (κ3) is 4.18. The summed E-state index contributed by atoms with van der Waals surface area (Å²) < 4.78 is 6.28. The maximum absolute atomic E-state index is 12.1. The van der Waals surface area contributed by atoms with Crippen LogP contribution in [-0.4, -0.2) is 55.7 Å². The lowest BCUT2D eigenvalue weighted by Crippen LogP contribution is -2.36. The molecular weight excluding hydrogens is 318 g/mol. The Bertz CT molecular complexity index is 619. The zero-order valence-corrected chi connectivity index (χ0v) is 13.5. The van der Waals surface area contributed by atoms with Gasteiger partial charge in [-0.05, 0) is 12.5 Å². The maximum atomic E-state index is 12.1. The first-order chi connectivity index (χ1) is 11.5. The van der Waals surface area contributed by atoms with Crippen molar-refractivity contribution in [3.05, 3.63) is 22.7 Å². The standard InChI is InChI=1S/C15H23N3O6/c1-2-3-4-5-11(20)16-10-6-7-18(15(23)17-10)14-13(22)12(21)9(8-19)24-14/h6-7,9,12-14,19,21-22H,2-5,8H2,1H3,(H,16,17,20,23)/t9-,12+,13+,14-/m1/s1. The van der Waals surface area contributed by atoms with E-state index in [0.717, 1.165) is 23.8 Å². The first-order valence-corrected chi connectivity index (χ1v) is 7.99. The minimum absolute atomic E-state index is 0.115. The maximum Gasteiger partial charge on any atom is 0.351 e. The number of anilines is 1. The van der Waals surface area contributed by atoms with Gasteiger partial charge in [0.25, 0.3) is 0 Å². The number of nitrogens with zero attached hydrogens (tertiary/aromatic N) is 2. The Morgan fingerprint density at radius 3 is 2.71 bits per heavy atom. The van der Waals surface area contributed by atoms with Crippen molar-refractivity contribution in [3.8, 4) is 0 Å². The van der Waals surface area contributed by atoms with Crippen molar-refractivity contribution >= 4 is 11.7 Å². The van der Waals surface area contributed by atoms with Gasteiger partial charge in [-0.25, -0.2) is 4.79 Å². The van der Waals surface area contributed by atoms with Gasteiger partial charge in [-0.3, -0.25) is 9.36 Å². The van der Waals surface area contributed by atoms with E-state index in [9.17, 15) is 19.8 Å². The zero-order chi connectivity index (χ0) is 17.7. The number of carbonyl (C=O) groups excluding carboxylic acids is 1. The largest absolute Gasteiger partial charge is 0.394 e. The van der Waals surface area contributed by atoms with Crippen molar-refractivity contribution in [1.82, 2.24) is 9.55 Å². The highest BCUT2D eigenvalue weighted by atomic mass is 16.6. The molecular formula is C15H23N3O6. The van der Waals surface area contributed by atoms with E-state index in [4.69, 9.17) is 9.84 Å². The van der Waals surface area contributed by atoms with Gasteiger partial charge in [0, 0.05) is 12.6 Å². The Kier molecular flexibility index (Phi) is 6.44. The SMILES string of the molecule is CCCCCC(=O)Nc1ccn([C@@H]2O[C@H](CO)[C@H](O)[C@@H]2O)c(=O)n1. The van der Waals surface area contributed by atoms with E-state index in [-0.39, 0.29) is 11.7 Å². The molecule has 2 rings (SSSR count). The predicted molar refractivity (Wildman–Crippen MR) is 84.3 cm³/mol. The summed E-state index contributed by atoms with van der Waals surface area (Å²) in [5.41, 5.74) is -0.740. The van der Waals surface area contributed by atoms with Crippen LogP contribution in [0.4, 0.5) is 5.82 Å². The molecule has 0 aromatic carbocycles. The van der Waals surface area contributed by atoms with Crippen molar-refractivity contribution in [2.24, 2.45) is 0 Å². The van der Waals surface area contributed by atoms with E-state index in [1.165, 1.54) is 12.3 Å². The van der Waals surface area contributed by atoms with Crippen molar-refractivity contribution in [2.45, 2.75) is 57.1 Å². The lowest BCUT2D eigenvalue weighted by atomic mass is 10.1.